The first kappa shape index (κ1) is 16.3. The third-order valence-electron chi connectivity index (χ3n) is 5.12. The van der Waals surface area contributed by atoms with Crippen LogP contribution < -0.4 is 0 Å². The second-order valence-corrected chi connectivity index (χ2v) is 6.60. The normalized spacial score (nSPS) is 19.3. The van der Waals surface area contributed by atoms with Gasteiger partial charge in [-0.15, -0.1) is 0 Å². The van der Waals surface area contributed by atoms with Gasteiger partial charge in [-0.25, -0.2) is 4.79 Å². The van der Waals surface area contributed by atoms with Gasteiger partial charge in [0.1, 0.15) is 0 Å². The van der Waals surface area contributed by atoms with Crippen LogP contribution in [0.2, 0.25) is 0 Å². The van der Waals surface area contributed by atoms with E-state index in [4.69, 9.17) is 4.74 Å². The van der Waals surface area contributed by atoms with Gasteiger partial charge in [-0.05, 0) is 56.7 Å². The number of esters is 1. The number of nitrogens with zero attached hydrogens (tertiary/aromatic N) is 1. The number of carbonyl (C=O) groups is 1. The number of hydrogen-bond donors (Lipinski definition) is 0. The minimum Gasteiger partial charge on any atom is -0.462 e. The van der Waals surface area contributed by atoms with E-state index in [9.17, 15) is 4.79 Å². The van der Waals surface area contributed by atoms with Gasteiger partial charge in [0.25, 0.3) is 0 Å². The molecule has 0 radical (unpaired) electrons. The molecule has 1 saturated heterocycles. The highest BCUT2D eigenvalue weighted by molar-refractivity contribution is 5.89. The molecule has 1 heterocycles. The Morgan fingerprint density at radius 3 is 2.48 bits per heavy atom. The van der Waals surface area contributed by atoms with Crippen LogP contribution in [-0.4, -0.2) is 36.6 Å². The van der Waals surface area contributed by atoms with Crippen LogP contribution in [0, 0.1) is 0 Å². The van der Waals surface area contributed by atoms with E-state index in [1.54, 1.807) is 5.57 Å². The average molecular weight is 313 g/mol. The van der Waals surface area contributed by atoms with Gasteiger partial charge in [0.15, 0.2) is 0 Å². The van der Waals surface area contributed by atoms with Crippen molar-refractivity contribution in [2.75, 3.05) is 19.7 Å². The van der Waals surface area contributed by atoms with Crippen molar-refractivity contribution in [1.82, 2.24) is 4.90 Å². The smallest absolute Gasteiger partial charge is 0.338 e. The van der Waals surface area contributed by atoms with Gasteiger partial charge >= 0.3 is 5.97 Å². The first-order valence-electron chi connectivity index (χ1n) is 8.94. The summed E-state index contributed by atoms with van der Waals surface area (Å²) in [5, 5.41) is 0. The van der Waals surface area contributed by atoms with Gasteiger partial charge in [0.05, 0.1) is 12.2 Å². The molecule has 124 valence electrons. The minimum atomic E-state index is -0.235. The highest BCUT2D eigenvalue weighted by Gasteiger charge is 2.26. The lowest BCUT2D eigenvalue weighted by atomic mass is 9.89. The zero-order chi connectivity index (χ0) is 16.1. The van der Waals surface area contributed by atoms with Crippen LogP contribution in [0.4, 0.5) is 0 Å². The molecule has 3 heteroatoms. The summed E-state index contributed by atoms with van der Waals surface area (Å²) >= 11 is 0. The fourth-order valence-electron chi connectivity index (χ4n) is 3.39. The first-order valence-corrected chi connectivity index (χ1v) is 8.94. The van der Waals surface area contributed by atoms with Crippen LogP contribution in [0.15, 0.2) is 35.9 Å². The summed E-state index contributed by atoms with van der Waals surface area (Å²) in [7, 11) is 0. The van der Waals surface area contributed by atoms with Gasteiger partial charge in [-0.3, -0.25) is 4.90 Å². The van der Waals surface area contributed by atoms with Gasteiger partial charge in [0.2, 0.25) is 0 Å². The zero-order valence-electron chi connectivity index (χ0n) is 14.1. The van der Waals surface area contributed by atoms with Crippen LogP contribution in [0.1, 0.15) is 54.9 Å². The van der Waals surface area contributed by atoms with Gasteiger partial charge in [-0.1, -0.05) is 30.2 Å². The Balaban J connectivity index is 1.49. The Hall–Kier alpha value is -1.61. The van der Waals surface area contributed by atoms with E-state index in [-0.39, 0.29) is 5.97 Å². The van der Waals surface area contributed by atoms with Gasteiger partial charge < -0.3 is 4.74 Å². The molecule has 3 nitrogen and oxygen atoms in total. The molecule has 1 aliphatic heterocycles. The SMILES string of the molecule is CCOC(=O)c1ccc(CC=C2CCN(C3CCC3)CC2)cc1. The van der Waals surface area contributed by atoms with Crippen LogP contribution in [0.5, 0.6) is 0 Å². The van der Waals surface area contributed by atoms with E-state index >= 15 is 0 Å². The lowest BCUT2D eigenvalue weighted by molar-refractivity contribution is 0.0526. The summed E-state index contributed by atoms with van der Waals surface area (Å²) in [5.41, 5.74) is 3.49. The fraction of sp³-hybridized carbons (Fsp3) is 0.550. The van der Waals surface area contributed by atoms with Crippen molar-refractivity contribution in [3.05, 3.63) is 47.0 Å². The van der Waals surface area contributed by atoms with Crippen molar-refractivity contribution in [2.45, 2.75) is 51.5 Å². The van der Waals surface area contributed by atoms with E-state index in [0.717, 1.165) is 12.5 Å². The van der Waals surface area contributed by atoms with Gasteiger partial charge in [0, 0.05) is 19.1 Å². The van der Waals surface area contributed by atoms with Crippen molar-refractivity contribution >= 4 is 5.97 Å². The third-order valence-corrected chi connectivity index (χ3v) is 5.12. The standard InChI is InChI=1S/C20H27NO2/c1-2-23-20(22)18-10-8-16(9-11-18)6-7-17-12-14-21(15-13-17)19-4-3-5-19/h7-11,19H,2-6,12-15H2,1H3. The van der Waals surface area contributed by atoms with Crippen LogP contribution in [0.3, 0.4) is 0 Å². The molecule has 1 aliphatic carbocycles. The van der Waals surface area contributed by atoms with Crippen molar-refractivity contribution in [2.24, 2.45) is 0 Å². The Kier molecular flexibility index (Phi) is 5.50. The molecule has 0 bridgehead atoms. The molecule has 1 saturated carbocycles. The molecule has 0 spiro atoms. The quantitative estimate of drug-likeness (QED) is 0.608. The fourth-order valence-corrected chi connectivity index (χ4v) is 3.39. The Bertz CT molecular complexity index is 548. The van der Waals surface area contributed by atoms with E-state index in [1.165, 1.54) is 50.8 Å². The number of likely N-dealkylation sites (tertiary alicyclic amines) is 1. The monoisotopic (exact) mass is 313 g/mol. The van der Waals surface area contributed by atoms with Crippen molar-refractivity contribution in [3.63, 3.8) is 0 Å². The zero-order valence-corrected chi connectivity index (χ0v) is 14.1. The molecule has 0 N–H and O–H groups in total. The average Bonchev–Trinajstić information content (AvgIpc) is 2.53. The lowest BCUT2D eigenvalue weighted by Gasteiger charge is -2.40. The lowest BCUT2D eigenvalue weighted by Crippen LogP contribution is -2.43. The molecule has 0 atom stereocenters. The highest BCUT2D eigenvalue weighted by atomic mass is 16.5. The molecular weight excluding hydrogens is 286 g/mol. The Morgan fingerprint density at radius 2 is 1.91 bits per heavy atom. The molecule has 0 amide bonds. The van der Waals surface area contributed by atoms with Gasteiger partial charge in [-0.2, -0.15) is 0 Å². The number of rotatable bonds is 5. The van der Waals surface area contributed by atoms with Crippen LogP contribution in [0.25, 0.3) is 0 Å². The third kappa shape index (κ3) is 4.23. The number of carbonyl (C=O) groups excluding carboxylic acids is 1. The first-order chi connectivity index (χ1) is 11.3. The number of benzene rings is 1. The summed E-state index contributed by atoms with van der Waals surface area (Å²) in [6.45, 7) is 4.72. The van der Waals surface area contributed by atoms with Crippen LogP contribution in [-0.2, 0) is 11.2 Å². The summed E-state index contributed by atoms with van der Waals surface area (Å²) in [5.74, 6) is -0.235. The maximum absolute atomic E-state index is 11.6. The Morgan fingerprint density at radius 1 is 1.22 bits per heavy atom. The van der Waals surface area contributed by atoms with Crippen molar-refractivity contribution in [1.29, 1.82) is 0 Å². The number of ether oxygens (including phenoxy) is 1. The van der Waals surface area contributed by atoms with E-state index in [2.05, 4.69) is 11.0 Å². The highest BCUT2D eigenvalue weighted by Crippen LogP contribution is 2.28. The number of piperidine rings is 1. The molecule has 2 aliphatic rings. The van der Waals surface area contributed by atoms with Crippen molar-refractivity contribution in [3.8, 4) is 0 Å². The second-order valence-electron chi connectivity index (χ2n) is 6.60. The molecule has 2 fully saturated rings. The molecule has 0 unspecified atom stereocenters. The summed E-state index contributed by atoms with van der Waals surface area (Å²) in [6.07, 6.45) is 10.0. The summed E-state index contributed by atoms with van der Waals surface area (Å²) in [4.78, 5) is 14.3. The largest absolute Gasteiger partial charge is 0.462 e. The maximum Gasteiger partial charge on any atom is 0.338 e. The molecule has 3 rings (SSSR count). The molecule has 0 aromatic heterocycles. The summed E-state index contributed by atoms with van der Waals surface area (Å²) in [6, 6.07) is 8.68. The van der Waals surface area contributed by atoms with Crippen LogP contribution >= 0.6 is 0 Å². The van der Waals surface area contributed by atoms with E-state index in [1.807, 2.05) is 31.2 Å². The molecule has 23 heavy (non-hydrogen) atoms. The maximum atomic E-state index is 11.6. The second kappa shape index (κ2) is 7.78. The van der Waals surface area contributed by atoms with Crippen molar-refractivity contribution < 1.29 is 9.53 Å². The summed E-state index contributed by atoms with van der Waals surface area (Å²) < 4.78 is 5.01. The molecule has 1 aromatic rings. The number of hydrogen-bond acceptors (Lipinski definition) is 3. The van der Waals surface area contributed by atoms with E-state index in [0.29, 0.717) is 12.2 Å². The molecule has 1 aromatic carbocycles. The minimum absolute atomic E-state index is 0.235. The molecular formula is C20H27NO2. The number of allylic oxidation sites excluding steroid dienone is 1. The topological polar surface area (TPSA) is 29.5 Å². The Labute approximate surface area is 139 Å². The predicted octanol–water partition coefficient (Wildman–Crippen LogP) is 3.98. The predicted molar refractivity (Wildman–Crippen MR) is 92.6 cm³/mol. The van der Waals surface area contributed by atoms with E-state index < -0.39 is 0 Å².